The lowest BCUT2D eigenvalue weighted by Crippen LogP contribution is -2.15. The zero-order chi connectivity index (χ0) is 16.4. The molecular weight excluding hydrogens is 414 g/mol. The summed E-state index contributed by atoms with van der Waals surface area (Å²) in [6.45, 7) is 0.435. The fourth-order valence-electron chi connectivity index (χ4n) is 1.98. The van der Waals surface area contributed by atoms with Gasteiger partial charge in [-0.3, -0.25) is 14.8 Å². The highest BCUT2D eigenvalue weighted by molar-refractivity contribution is 14.1. The van der Waals surface area contributed by atoms with Gasteiger partial charge in [0.1, 0.15) is 12.1 Å². The summed E-state index contributed by atoms with van der Waals surface area (Å²) in [4.78, 5) is 16.2. The maximum Gasteiger partial charge on any atom is 0.279 e. The lowest BCUT2D eigenvalue weighted by atomic mass is 10.2. The van der Waals surface area contributed by atoms with Crippen molar-refractivity contribution in [2.75, 3.05) is 5.32 Å². The number of aryl methyl sites for hydroxylation is 1. The monoisotopic (exact) mass is 426 g/mol. The minimum absolute atomic E-state index is 0.193. The topological polar surface area (TPSA) is 77.6 Å². The van der Waals surface area contributed by atoms with Crippen molar-refractivity contribution in [2.45, 2.75) is 6.54 Å². The second-order valence-corrected chi connectivity index (χ2v) is 6.01. The van der Waals surface area contributed by atoms with Gasteiger partial charge in [0.05, 0.1) is 10.1 Å². The number of benzene rings is 1. The Hall–Kier alpha value is -2.30. The molecule has 0 aliphatic rings. The first-order valence-electron chi connectivity index (χ1n) is 6.65. The van der Waals surface area contributed by atoms with Crippen molar-refractivity contribution in [1.82, 2.24) is 24.5 Å². The van der Waals surface area contributed by atoms with Crippen LogP contribution in [0.4, 0.5) is 10.3 Å². The zero-order valence-electron chi connectivity index (χ0n) is 12.1. The smallest absolute Gasteiger partial charge is 0.279 e. The summed E-state index contributed by atoms with van der Waals surface area (Å²) >= 11 is 2.04. The van der Waals surface area contributed by atoms with Gasteiger partial charge < -0.3 is 0 Å². The van der Waals surface area contributed by atoms with Gasteiger partial charge in [-0.1, -0.05) is 12.1 Å². The summed E-state index contributed by atoms with van der Waals surface area (Å²) in [5.41, 5.74) is 1.21. The largest absolute Gasteiger partial charge is 0.288 e. The van der Waals surface area contributed by atoms with E-state index in [0.717, 1.165) is 9.13 Å². The molecule has 2 heterocycles. The molecule has 1 N–H and O–H groups in total. The highest BCUT2D eigenvalue weighted by Crippen LogP contribution is 2.11. The van der Waals surface area contributed by atoms with Gasteiger partial charge in [-0.15, -0.1) is 5.10 Å². The predicted octanol–water partition coefficient (Wildman–Crippen LogP) is 2.06. The highest BCUT2D eigenvalue weighted by atomic mass is 127. The number of hydrogen-bond acceptors (Lipinski definition) is 4. The SMILES string of the molecule is Cn1cc(I)c(C(=O)Nc2ncn(Cc3ccc(F)cc3)n2)n1. The molecule has 1 amide bonds. The normalized spacial score (nSPS) is 10.7. The Morgan fingerprint density at radius 3 is 2.70 bits per heavy atom. The van der Waals surface area contributed by atoms with E-state index in [9.17, 15) is 9.18 Å². The molecule has 9 heteroatoms. The second-order valence-electron chi connectivity index (χ2n) is 4.85. The maximum atomic E-state index is 12.9. The number of carbonyl (C=O) groups is 1. The van der Waals surface area contributed by atoms with Crippen LogP contribution in [0.25, 0.3) is 0 Å². The van der Waals surface area contributed by atoms with Gasteiger partial charge >= 0.3 is 0 Å². The van der Waals surface area contributed by atoms with Gasteiger partial charge in [0.2, 0.25) is 5.95 Å². The molecule has 7 nitrogen and oxygen atoms in total. The van der Waals surface area contributed by atoms with Crippen molar-refractivity contribution < 1.29 is 9.18 Å². The zero-order valence-corrected chi connectivity index (χ0v) is 14.2. The van der Waals surface area contributed by atoms with Crippen LogP contribution in [0, 0.1) is 9.39 Å². The molecule has 3 rings (SSSR count). The summed E-state index contributed by atoms with van der Waals surface area (Å²) in [7, 11) is 1.74. The molecule has 0 unspecified atom stereocenters. The number of hydrogen-bond donors (Lipinski definition) is 1. The second kappa shape index (κ2) is 6.44. The van der Waals surface area contributed by atoms with Crippen LogP contribution < -0.4 is 5.32 Å². The van der Waals surface area contributed by atoms with Crippen LogP contribution in [-0.4, -0.2) is 30.5 Å². The number of anilines is 1. The molecule has 23 heavy (non-hydrogen) atoms. The third-order valence-electron chi connectivity index (χ3n) is 3.02. The fraction of sp³-hybridized carbons (Fsp3) is 0.143. The summed E-state index contributed by atoms with van der Waals surface area (Å²) in [5.74, 6) is -0.460. The Morgan fingerprint density at radius 1 is 1.30 bits per heavy atom. The van der Waals surface area contributed by atoms with Gasteiger partial charge in [-0.05, 0) is 40.3 Å². The minimum Gasteiger partial charge on any atom is -0.288 e. The van der Waals surface area contributed by atoms with Crippen molar-refractivity contribution in [2.24, 2.45) is 7.05 Å². The van der Waals surface area contributed by atoms with Crippen LogP contribution in [0.15, 0.2) is 36.8 Å². The Labute approximate surface area is 144 Å². The molecule has 0 atom stereocenters. The average Bonchev–Trinajstić information content (AvgIpc) is 3.07. The molecule has 0 radical (unpaired) electrons. The van der Waals surface area contributed by atoms with Crippen LogP contribution in [0.3, 0.4) is 0 Å². The van der Waals surface area contributed by atoms with Crippen molar-refractivity contribution >= 4 is 34.4 Å². The van der Waals surface area contributed by atoms with E-state index in [0.29, 0.717) is 12.2 Å². The fourth-order valence-corrected chi connectivity index (χ4v) is 2.74. The Kier molecular flexibility index (Phi) is 4.37. The standard InChI is InChI=1S/C14H12FIN6O/c1-21-7-11(16)12(19-21)13(23)18-14-17-8-22(20-14)6-9-2-4-10(15)5-3-9/h2-5,7-8H,6H2,1H3,(H,18,20,23). The first kappa shape index (κ1) is 15.6. The lowest BCUT2D eigenvalue weighted by Gasteiger charge is -2.01. The first-order valence-corrected chi connectivity index (χ1v) is 7.73. The lowest BCUT2D eigenvalue weighted by molar-refractivity contribution is 0.102. The Morgan fingerprint density at radius 2 is 2.04 bits per heavy atom. The minimum atomic E-state index is -0.366. The number of aromatic nitrogens is 5. The number of halogens is 2. The molecule has 3 aromatic rings. The highest BCUT2D eigenvalue weighted by Gasteiger charge is 2.16. The van der Waals surface area contributed by atoms with Crippen molar-refractivity contribution in [1.29, 1.82) is 0 Å². The summed E-state index contributed by atoms with van der Waals surface area (Å²) in [5, 5.41) is 10.9. The molecular formula is C14H12FIN6O. The third kappa shape index (κ3) is 3.73. The number of rotatable bonds is 4. The molecule has 1 aromatic carbocycles. The molecule has 2 aromatic heterocycles. The van der Waals surface area contributed by atoms with Crippen LogP contribution in [0.1, 0.15) is 16.1 Å². The van der Waals surface area contributed by atoms with Crippen LogP contribution in [0.2, 0.25) is 0 Å². The van der Waals surface area contributed by atoms with Gasteiger partial charge in [0.15, 0.2) is 5.69 Å². The van der Waals surface area contributed by atoms with Gasteiger partial charge in [0, 0.05) is 13.2 Å². The first-order chi connectivity index (χ1) is 11.0. The Bertz CT molecular complexity index is 841. The molecule has 0 bridgehead atoms. The molecule has 0 spiro atoms. The molecule has 0 saturated carbocycles. The van der Waals surface area contributed by atoms with Crippen molar-refractivity contribution in [3.05, 3.63) is 57.4 Å². The van der Waals surface area contributed by atoms with Crippen LogP contribution in [0.5, 0.6) is 0 Å². The Balaban J connectivity index is 1.68. The third-order valence-corrected chi connectivity index (χ3v) is 3.81. The summed E-state index contributed by atoms with van der Waals surface area (Å²) in [6, 6.07) is 6.12. The quantitative estimate of drug-likeness (QED) is 0.649. The van der Waals surface area contributed by atoms with Crippen LogP contribution in [-0.2, 0) is 13.6 Å². The summed E-state index contributed by atoms with van der Waals surface area (Å²) < 4.78 is 16.8. The number of nitrogens with zero attached hydrogens (tertiary/aromatic N) is 5. The van der Waals surface area contributed by atoms with E-state index in [-0.39, 0.29) is 17.7 Å². The van der Waals surface area contributed by atoms with E-state index in [1.165, 1.54) is 18.5 Å². The van der Waals surface area contributed by atoms with Crippen molar-refractivity contribution in [3.8, 4) is 0 Å². The number of nitrogens with one attached hydrogen (secondary N) is 1. The summed E-state index contributed by atoms with van der Waals surface area (Å²) in [6.07, 6.45) is 3.25. The van der Waals surface area contributed by atoms with E-state index in [2.05, 4.69) is 20.5 Å². The van der Waals surface area contributed by atoms with E-state index >= 15 is 0 Å². The van der Waals surface area contributed by atoms with E-state index in [4.69, 9.17) is 0 Å². The molecule has 0 fully saturated rings. The van der Waals surface area contributed by atoms with Crippen LogP contribution >= 0.6 is 22.6 Å². The molecule has 0 aliphatic heterocycles. The molecule has 0 saturated heterocycles. The molecule has 0 aliphatic carbocycles. The number of carbonyl (C=O) groups excluding carboxylic acids is 1. The van der Waals surface area contributed by atoms with Gasteiger partial charge in [0.25, 0.3) is 5.91 Å². The van der Waals surface area contributed by atoms with Gasteiger partial charge in [-0.2, -0.15) is 5.10 Å². The number of amides is 1. The average molecular weight is 426 g/mol. The maximum absolute atomic E-state index is 12.9. The van der Waals surface area contributed by atoms with E-state index in [1.807, 2.05) is 22.6 Å². The molecule has 118 valence electrons. The predicted molar refractivity (Wildman–Crippen MR) is 89.4 cm³/mol. The van der Waals surface area contributed by atoms with E-state index in [1.54, 1.807) is 34.7 Å². The van der Waals surface area contributed by atoms with E-state index < -0.39 is 0 Å². The van der Waals surface area contributed by atoms with Gasteiger partial charge in [-0.25, -0.2) is 14.1 Å². The van der Waals surface area contributed by atoms with Crippen molar-refractivity contribution in [3.63, 3.8) is 0 Å².